The first-order valence-corrected chi connectivity index (χ1v) is 6.13. The van der Waals surface area contributed by atoms with Crippen molar-refractivity contribution in [2.75, 3.05) is 13.1 Å². The molecule has 1 fully saturated rings. The number of piperidine rings is 1. The molecule has 3 nitrogen and oxygen atoms in total. The standard InChI is InChI=1S/C7H15N.C6H7BO2/c1-7(2)3-5-8-6-4-7;8-7(9)6-4-2-1-3-5-6/h8H,3-6H2,1-2H3;1-5,8-9H. The summed E-state index contributed by atoms with van der Waals surface area (Å²) in [4.78, 5) is 0. The Kier molecular flexibility index (Phi) is 5.68. The third kappa shape index (κ3) is 5.87. The van der Waals surface area contributed by atoms with Crippen LogP contribution < -0.4 is 10.8 Å². The molecule has 1 aromatic carbocycles. The van der Waals surface area contributed by atoms with Gasteiger partial charge in [0.25, 0.3) is 0 Å². The molecule has 1 aliphatic rings. The van der Waals surface area contributed by atoms with Crippen LogP contribution in [0.1, 0.15) is 26.7 Å². The fourth-order valence-corrected chi connectivity index (χ4v) is 1.73. The van der Waals surface area contributed by atoms with Crippen molar-refractivity contribution in [3.63, 3.8) is 0 Å². The summed E-state index contributed by atoms with van der Waals surface area (Å²) < 4.78 is 0. The molecule has 0 saturated carbocycles. The van der Waals surface area contributed by atoms with E-state index < -0.39 is 7.12 Å². The van der Waals surface area contributed by atoms with Crippen molar-refractivity contribution in [1.82, 2.24) is 5.32 Å². The van der Waals surface area contributed by atoms with E-state index in [0.717, 1.165) is 0 Å². The smallest absolute Gasteiger partial charge is 0.423 e. The molecule has 0 bridgehead atoms. The van der Waals surface area contributed by atoms with Crippen molar-refractivity contribution in [3.05, 3.63) is 30.3 Å². The minimum Gasteiger partial charge on any atom is -0.423 e. The average molecular weight is 235 g/mol. The molecule has 1 aliphatic heterocycles. The lowest BCUT2D eigenvalue weighted by atomic mass is 9.81. The van der Waals surface area contributed by atoms with E-state index in [1.165, 1.54) is 25.9 Å². The van der Waals surface area contributed by atoms with Crippen molar-refractivity contribution in [2.24, 2.45) is 5.41 Å². The van der Waals surface area contributed by atoms with E-state index in [9.17, 15) is 0 Å². The fourth-order valence-electron chi connectivity index (χ4n) is 1.73. The summed E-state index contributed by atoms with van der Waals surface area (Å²) in [5.41, 5.74) is 1.14. The lowest BCUT2D eigenvalue weighted by molar-refractivity contribution is 0.259. The third-order valence-electron chi connectivity index (χ3n) is 3.05. The SMILES string of the molecule is CC1(C)CCNCC1.OB(O)c1ccccc1. The first kappa shape index (κ1) is 14.2. The Morgan fingerprint density at radius 1 is 1.06 bits per heavy atom. The summed E-state index contributed by atoms with van der Waals surface area (Å²) in [6.45, 7) is 7.11. The lowest BCUT2D eigenvalue weighted by Crippen LogP contribution is -2.32. The third-order valence-corrected chi connectivity index (χ3v) is 3.05. The van der Waals surface area contributed by atoms with Gasteiger partial charge in [0.1, 0.15) is 0 Å². The molecule has 2 rings (SSSR count). The lowest BCUT2D eigenvalue weighted by Gasteiger charge is -2.29. The maximum Gasteiger partial charge on any atom is 0.488 e. The van der Waals surface area contributed by atoms with Gasteiger partial charge >= 0.3 is 7.12 Å². The minimum atomic E-state index is -1.34. The van der Waals surface area contributed by atoms with Gasteiger partial charge in [0, 0.05) is 0 Å². The second kappa shape index (κ2) is 6.79. The molecule has 1 saturated heterocycles. The van der Waals surface area contributed by atoms with Gasteiger partial charge in [0.15, 0.2) is 0 Å². The van der Waals surface area contributed by atoms with Crippen LogP contribution in [0, 0.1) is 5.41 Å². The van der Waals surface area contributed by atoms with Gasteiger partial charge in [-0.25, -0.2) is 0 Å². The Balaban J connectivity index is 0.000000171. The zero-order valence-electron chi connectivity index (χ0n) is 10.7. The van der Waals surface area contributed by atoms with Crippen LogP contribution in [0.4, 0.5) is 0 Å². The molecule has 17 heavy (non-hydrogen) atoms. The van der Waals surface area contributed by atoms with E-state index in [0.29, 0.717) is 10.9 Å². The summed E-state index contributed by atoms with van der Waals surface area (Å²) >= 11 is 0. The topological polar surface area (TPSA) is 52.5 Å². The monoisotopic (exact) mass is 235 g/mol. The molecule has 0 amide bonds. The van der Waals surface area contributed by atoms with E-state index in [1.807, 2.05) is 6.07 Å². The molecule has 0 unspecified atom stereocenters. The normalized spacial score (nSPS) is 17.9. The quantitative estimate of drug-likeness (QED) is 0.630. The molecule has 0 spiro atoms. The molecule has 1 heterocycles. The fraction of sp³-hybridized carbons (Fsp3) is 0.538. The average Bonchev–Trinajstić information content (AvgIpc) is 2.30. The van der Waals surface area contributed by atoms with Gasteiger partial charge in [0.05, 0.1) is 0 Å². The van der Waals surface area contributed by atoms with Crippen molar-refractivity contribution < 1.29 is 10.0 Å². The Hall–Kier alpha value is -0.835. The number of hydrogen-bond acceptors (Lipinski definition) is 3. The highest BCUT2D eigenvalue weighted by atomic mass is 16.4. The first-order chi connectivity index (χ1) is 8.01. The van der Waals surface area contributed by atoms with Gasteiger partial charge in [-0.15, -0.1) is 0 Å². The van der Waals surface area contributed by atoms with Crippen LogP contribution in [0.3, 0.4) is 0 Å². The Labute approximate surface area is 104 Å². The van der Waals surface area contributed by atoms with Crippen LogP contribution in [0.15, 0.2) is 30.3 Å². The van der Waals surface area contributed by atoms with Crippen molar-refractivity contribution in [3.8, 4) is 0 Å². The van der Waals surface area contributed by atoms with Gasteiger partial charge in [-0.2, -0.15) is 0 Å². The molecule has 0 aromatic heterocycles. The molecule has 3 N–H and O–H groups in total. The predicted molar refractivity (Wildman–Crippen MR) is 72.2 cm³/mol. The van der Waals surface area contributed by atoms with Gasteiger partial charge < -0.3 is 15.4 Å². The number of rotatable bonds is 1. The summed E-state index contributed by atoms with van der Waals surface area (Å²) in [5, 5.41) is 20.5. The van der Waals surface area contributed by atoms with E-state index in [4.69, 9.17) is 10.0 Å². The van der Waals surface area contributed by atoms with E-state index in [1.54, 1.807) is 24.3 Å². The predicted octanol–water partition coefficient (Wildman–Crippen LogP) is 0.762. The van der Waals surface area contributed by atoms with Gasteiger partial charge in [-0.05, 0) is 36.8 Å². The molecule has 0 atom stereocenters. The highest BCUT2D eigenvalue weighted by Gasteiger charge is 2.19. The maximum atomic E-state index is 8.58. The molecular weight excluding hydrogens is 213 g/mol. The minimum absolute atomic E-state index is 0.525. The largest absolute Gasteiger partial charge is 0.488 e. The summed E-state index contributed by atoms with van der Waals surface area (Å²) in [7, 11) is -1.34. The number of benzene rings is 1. The van der Waals surface area contributed by atoms with Crippen LogP contribution in [0.2, 0.25) is 0 Å². The van der Waals surface area contributed by atoms with Crippen LogP contribution in [-0.4, -0.2) is 30.3 Å². The molecule has 0 radical (unpaired) electrons. The van der Waals surface area contributed by atoms with Gasteiger partial charge in [-0.1, -0.05) is 44.2 Å². The van der Waals surface area contributed by atoms with Gasteiger partial charge in [-0.3, -0.25) is 0 Å². The Bertz CT molecular complexity index is 306. The maximum absolute atomic E-state index is 8.58. The zero-order valence-corrected chi connectivity index (χ0v) is 10.7. The second-order valence-electron chi connectivity index (χ2n) is 5.20. The van der Waals surface area contributed by atoms with Crippen molar-refractivity contribution in [2.45, 2.75) is 26.7 Å². The van der Waals surface area contributed by atoms with Crippen LogP contribution >= 0.6 is 0 Å². The van der Waals surface area contributed by atoms with Crippen molar-refractivity contribution >= 4 is 12.6 Å². The van der Waals surface area contributed by atoms with E-state index >= 15 is 0 Å². The van der Waals surface area contributed by atoms with Crippen LogP contribution in [-0.2, 0) is 0 Å². The highest BCUT2D eigenvalue weighted by molar-refractivity contribution is 6.58. The van der Waals surface area contributed by atoms with Crippen molar-refractivity contribution in [1.29, 1.82) is 0 Å². The number of hydrogen-bond donors (Lipinski definition) is 3. The van der Waals surface area contributed by atoms with E-state index in [2.05, 4.69) is 19.2 Å². The number of nitrogens with one attached hydrogen (secondary N) is 1. The molecular formula is C13H22BNO2. The van der Waals surface area contributed by atoms with E-state index in [-0.39, 0.29) is 0 Å². The second-order valence-corrected chi connectivity index (χ2v) is 5.20. The Morgan fingerprint density at radius 2 is 1.59 bits per heavy atom. The van der Waals surface area contributed by atoms with Crippen LogP contribution in [0.25, 0.3) is 0 Å². The molecule has 94 valence electrons. The first-order valence-electron chi connectivity index (χ1n) is 6.13. The summed E-state index contributed by atoms with van der Waals surface area (Å²) in [6, 6.07) is 8.66. The van der Waals surface area contributed by atoms with Crippen LogP contribution in [0.5, 0.6) is 0 Å². The molecule has 4 heteroatoms. The summed E-state index contributed by atoms with van der Waals surface area (Å²) in [6.07, 6.45) is 2.68. The summed E-state index contributed by atoms with van der Waals surface area (Å²) in [5.74, 6) is 0. The highest BCUT2D eigenvalue weighted by Crippen LogP contribution is 2.25. The van der Waals surface area contributed by atoms with Gasteiger partial charge in [0.2, 0.25) is 0 Å². The zero-order chi connectivity index (χ0) is 12.7. The molecule has 0 aliphatic carbocycles. The molecule has 1 aromatic rings. The Morgan fingerprint density at radius 3 is 1.88 bits per heavy atom.